The molecule has 0 saturated carbocycles. The molecule has 8 heteroatoms. The van der Waals surface area contributed by atoms with Crippen LogP contribution in [0.4, 0.5) is 4.79 Å². The van der Waals surface area contributed by atoms with Gasteiger partial charge in [0.15, 0.2) is 0 Å². The molecule has 2 N–H and O–H groups in total. The molecule has 31 heavy (non-hydrogen) atoms. The van der Waals surface area contributed by atoms with E-state index in [1.165, 1.54) is 6.42 Å². The van der Waals surface area contributed by atoms with Gasteiger partial charge in [0.25, 0.3) is 6.47 Å². The smallest absolute Gasteiger partial charge is 0.317 e. The zero-order valence-corrected chi connectivity index (χ0v) is 19.0. The first kappa shape index (κ1) is 24.9. The number of hydrogen-bond donors (Lipinski definition) is 2. The van der Waals surface area contributed by atoms with Crippen molar-refractivity contribution in [2.24, 2.45) is 5.92 Å². The molecule has 2 aliphatic rings. The van der Waals surface area contributed by atoms with Gasteiger partial charge in [-0.1, -0.05) is 25.1 Å². The topological polar surface area (TPSA) is 85.4 Å². The number of piperidine rings is 1. The second-order valence-electron chi connectivity index (χ2n) is 8.28. The minimum Gasteiger partial charge on any atom is -0.493 e. The van der Waals surface area contributed by atoms with E-state index in [2.05, 4.69) is 29.1 Å². The number of urea groups is 1. The van der Waals surface area contributed by atoms with Crippen LogP contribution in [0.3, 0.4) is 0 Å². The third kappa shape index (κ3) is 8.75. The van der Waals surface area contributed by atoms with E-state index in [1.54, 1.807) is 0 Å². The fourth-order valence-corrected chi connectivity index (χ4v) is 4.08. The number of nitrogens with zero attached hydrogens (tertiary/aromatic N) is 3. The van der Waals surface area contributed by atoms with Gasteiger partial charge >= 0.3 is 6.03 Å². The predicted octanol–water partition coefficient (Wildman–Crippen LogP) is 2.35. The number of piperazine rings is 1. The number of carbonyl (C=O) groups excluding carboxylic acids is 1. The lowest BCUT2D eigenvalue weighted by molar-refractivity contribution is -0.122. The molecule has 2 fully saturated rings. The molecule has 2 heterocycles. The molecule has 1 aromatic rings. The van der Waals surface area contributed by atoms with Gasteiger partial charge in [-0.15, -0.1) is 0 Å². The van der Waals surface area contributed by atoms with E-state index in [0.717, 1.165) is 70.0 Å². The number of carboxylic acid groups (broad SMARTS) is 1. The highest BCUT2D eigenvalue weighted by Gasteiger charge is 2.26. The zero-order chi connectivity index (χ0) is 22.5. The Balaban J connectivity index is 0.00000107. The molecule has 1 unspecified atom stereocenters. The van der Waals surface area contributed by atoms with Crippen molar-refractivity contribution >= 4 is 12.5 Å². The first-order chi connectivity index (χ1) is 15.1. The fourth-order valence-electron chi connectivity index (χ4n) is 4.08. The number of nitrogens with one attached hydrogen (secondary N) is 1. The molecule has 8 nitrogen and oxygen atoms in total. The Bertz CT molecular complexity index is 665. The summed E-state index contributed by atoms with van der Waals surface area (Å²) in [6, 6.07) is 8.02. The highest BCUT2D eigenvalue weighted by Crippen LogP contribution is 2.20. The molecule has 1 aromatic carbocycles. The molecule has 0 aromatic heterocycles. The SMILES string of the molecule is CCCOc1ccccc1CNC(=O)N1CCCC(CN2CCN(C)CC2)C1.O=CO. The number of para-hydroxylation sites is 1. The summed E-state index contributed by atoms with van der Waals surface area (Å²) in [6.45, 7) is 10.5. The van der Waals surface area contributed by atoms with Crippen LogP contribution in [-0.2, 0) is 11.3 Å². The van der Waals surface area contributed by atoms with Crippen LogP contribution in [0.5, 0.6) is 5.75 Å². The van der Waals surface area contributed by atoms with Crippen molar-refractivity contribution in [3.63, 3.8) is 0 Å². The van der Waals surface area contributed by atoms with Crippen molar-refractivity contribution in [1.82, 2.24) is 20.0 Å². The molecule has 174 valence electrons. The van der Waals surface area contributed by atoms with Crippen molar-refractivity contribution in [3.05, 3.63) is 29.8 Å². The Hall–Kier alpha value is -2.32. The Morgan fingerprint density at radius 2 is 1.94 bits per heavy atom. The van der Waals surface area contributed by atoms with Gasteiger partial charge in [-0.2, -0.15) is 0 Å². The highest BCUT2D eigenvalue weighted by molar-refractivity contribution is 5.74. The lowest BCUT2D eigenvalue weighted by atomic mass is 9.97. The standard InChI is InChI=1S/C22H36N4O2.CH2O2/c1-3-15-28-21-9-5-4-8-20(21)16-23-22(27)26-10-6-7-19(18-26)17-25-13-11-24(2)12-14-25;2-1-3/h4-5,8-9,19H,3,6-7,10-18H2,1-2H3,(H,23,27);1H,(H,2,3). The Kier molecular flexibility index (Phi) is 11.2. The lowest BCUT2D eigenvalue weighted by Crippen LogP contribution is -2.50. The normalized spacial score (nSPS) is 19.8. The number of rotatable bonds is 7. The van der Waals surface area contributed by atoms with E-state index in [4.69, 9.17) is 14.6 Å². The molecule has 2 amide bonds. The van der Waals surface area contributed by atoms with E-state index in [0.29, 0.717) is 19.1 Å². The Labute approximate surface area is 186 Å². The van der Waals surface area contributed by atoms with Gasteiger partial charge in [-0.05, 0) is 38.3 Å². The van der Waals surface area contributed by atoms with Crippen LogP contribution in [0.15, 0.2) is 24.3 Å². The summed E-state index contributed by atoms with van der Waals surface area (Å²) < 4.78 is 5.80. The van der Waals surface area contributed by atoms with Crippen LogP contribution in [0.1, 0.15) is 31.7 Å². The van der Waals surface area contributed by atoms with Crippen LogP contribution < -0.4 is 10.1 Å². The average Bonchev–Trinajstić information content (AvgIpc) is 2.79. The largest absolute Gasteiger partial charge is 0.493 e. The predicted molar refractivity (Wildman–Crippen MR) is 121 cm³/mol. The molecule has 3 rings (SSSR count). The Morgan fingerprint density at radius 1 is 1.23 bits per heavy atom. The van der Waals surface area contributed by atoms with E-state index in [9.17, 15) is 4.79 Å². The number of hydrogen-bond acceptors (Lipinski definition) is 5. The monoisotopic (exact) mass is 434 g/mol. The summed E-state index contributed by atoms with van der Waals surface area (Å²) in [7, 11) is 2.19. The maximum Gasteiger partial charge on any atom is 0.317 e. The maximum absolute atomic E-state index is 12.7. The number of ether oxygens (including phenoxy) is 1. The second kappa shape index (κ2) is 13.9. The average molecular weight is 435 g/mol. The first-order valence-electron chi connectivity index (χ1n) is 11.3. The van der Waals surface area contributed by atoms with E-state index in [-0.39, 0.29) is 12.5 Å². The van der Waals surface area contributed by atoms with Gasteiger partial charge in [0, 0.05) is 57.9 Å². The number of amides is 2. The van der Waals surface area contributed by atoms with Crippen molar-refractivity contribution in [2.45, 2.75) is 32.7 Å². The Morgan fingerprint density at radius 3 is 2.65 bits per heavy atom. The minimum absolute atomic E-state index is 0.0494. The molecule has 2 aliphatic heterocycles. The fraction of sp³-hybridized carbons (Fsp3) is 0.652. The first-order valence-corrected chi connectivity index (χ1v) is 11.3. The van der Waals surface area contributed by atoms with Gasteiger partial charge in [0.1, 0.15) is 5.75 Å². The number of likely N-dealkylation sites (tertiary alicyclic amines) is 1. The molecule has 1 atom stereocenters. The summed E-state index contributed by atoms with van der Waals surface area (Å²) >= 11 is 0. The quantitative estimate of drug-likeness (QED) is 0.641. The summed E-state index contributed by atoms with van der Waals surface area (Å²) in [6.07, 6.45) is 3.30. The summed E-state index contributed by atoms with van der Waals surface area (Å²) in [4.78, 5) is 28.0. The van der Waals surface area contributed by atoms with E-state index < -0.39 is 0 Å². The van der Waals surface area contributed by atoms with Gasteiger partial charge in [0.05, 0.1) is 6.61 Å². The molecule has 0 spiro atoms. The molecule has 0 radical (unpaired) electrons. The lowest BCUT2D eigenvalue weighted by Gasteiger charge is -2.38. The zero-order valence-electron chi connectivity index (χ0n) is 19.0. The van der Waals surface area contributed by atoms with Crippen molar-refractivity contribution in [1.29, 1.82) is 0 Å². The van der Waals surface area contributed by atoms with Crippen LogP contribution in [-0.4, -0.2) is 91.8 Å². The molecule has 0 aliphatic carbocycles. The third-order valence-electron chi connectivity index (χ3n) is 5.78. The van der Waals surface area contributed by atoms with Gasteiger partial charge in [-0.25, -0.2) is 4.79 Å². The second-order valence-corrected chi connectivity index (χ2v) is 8.28. The summed E-state index contributed by atoms with van der Waals surface area (Å²) in [5.74, 6) is 1.46. The van der Waals surface area contributed by atoms with Gasteiger partial charge in [-0.3, -0.25) is 4.79 Å². The van der Waals surface area contributed by atoms with Crippen LogP contribution in [0, 0.1) is 5.92 Å². The van der Waals surface area contributed by atoms with Gasteiger partial charge in [0.2, 0.25) is 0 Å². The number of benzene rings is 1. The van der Waals surface area contributed by atoms with Crippen LogP contribution in [0.25, 0.3) is 0 Å². The number of likely N-dealkylation sites (N-methyl/N-ethyl adjacent to an activating group) is 1. The maximum atomic E-state index is 12.7. The van der Waals surface area contributed by atoms with Crippen molar-refractivity contribution in [2.75, 3.05) is 59.5 Å². The third-order valence-corrected chi connectivity index (χ3v) is 5.78. The molecular formula is C23H38N4O4. The van der Waals surface area contributed by atoms with Crippen molar-refractivity contribution < 1.29 is 19.4 Å². The minimum atomic E-state index is -0.250. The van der Waals surface area contributed by atoms with Crippen LogP contribution in [0.2, 0.25) is 0 Å². The summed E-state index contributed by atoms with van der Waals surface area (Å²) in [5.41, 5.74) is 1.04. The molecule has 2 saturated heterocycles. The highest BCUT2D eigenvalue weighted by atomic mass is 16.5. The van der Waals surface area contributed by atoms with E-state index >= 15 is 0 Å². The van der Waals surface area contributed by atoms with E-state index in [1.807, 2.05) is 29.2 Å². The number of carbonyl (C=O) groups is 2. The summed E-state index contributed by atoms with van der Waals surface area (Å²) in [5, 5.41) is 9.99. The van der Waals surface area contributed by atoms with Crippen molar-refractivity contribution in [3.8, 4) is 5.75 Å². The van der Waals surface area contributed by atoms with Crippen LogP contribution >= 0.6 is 0 Å². The van der Waals surface area contributed by atoms with Gasteiger partial charge < -0.3 is 29.9 Å². The molecular weight excluding hydrogens is 396 g/mol. The molecule has 0 bridgehead atoms.